The number of para-hydroxylation sites is 1. The molecule has 1 nitrogen and oxygen atoms in total. The van der Waals surface area contributed by atoms with Crippen LogP contribution in [0.15, 0.2) is 24.3 Å². The van der Waals surface area contributed by atoms with Gasteiger partial charge >= 0.3 is 0 Å². The van der Waals surface area contributed by atoms with Gasteiger partial charge in [0.1, 0.15) is 0 Å². The van der Waals surface area contributed by atoms with E-state index in [4.69, 9.17) is 0 Å². The van der Waals surface area contributed by atoms with Gasteiger partial charge in [-0.05, 0) is 36.8 Å². The van der Waals surface area contributed by atoms with Crippen LogP contribution in [0.1, 0.15) is 37.7 Å². The molecule has 0 spiro atoms. The number of nitrogens with zero attached hydrogens (tertiary/aromatic N) is 1. The first-order chi connectivity index (χ1) is 7.93. The van der Waals surface area contributed by atoms with E-state index in [2.05, 4.69) is 29.2 Å². The molecule has 1 heterocycles. The van der Waals surface area contributed by atoms with Crippen molar-refractivity contribution in [3.63, 3.8) is 0 Å². The van der Waals surface area contributed by atoms with Crippen LogP contribution in [-0.4, -0.2) is 13.1 Å². The SMILES string of the molecule is c1ccc2c(c1)CCN2CC1CCCCC1. The number of anilines is 1. The highest BCUT2D eigenvalue weighted by molar-refractivity contribution is 5.57. The molecule has 1 aliphatic heterocycles. The minimum Gasteiger partial charge on any atom is -0.371 e. The summed E-state index contributed by atoms with van der Waals surface area (Å²) in [6, 6.07) is 8.93. The Morgan fingerprint density at radius 3 is 2.75 bits per heavy atom. The Labute approximate surface area is 98.5 Å². The first kappa shape index (κ1) is 10.2. The zero-order chi connectivity index (χ0) is 10.8. The molecule has 16 heavy (non-hydrogen) atoms. The van der Waals surface area contributed by atoms with Crippen molar-refractivity contribution in [3.8, 4) is 0 Å². The van der Waals surface area contributed by atoms with Gasteiger partial charge in [-0.2, -0.15) is 0 Å². The standard InChI is InChI=1S/C15H21N/c1-2-6-13(7-3-1)12-16-11-10-14-8-4-5-9-15(14)16/h4-5,8-9,13H,1-3,6-7,10-12H2. The molecule has 2 aliphatic rings. The molecule has 86 valence electrons. The topological polar surface area (TPSA) is 3.24 Å². The summed E-state index contributed by atoms with van der Waals surface area (Å²) in [6.07, 6.45) is 8.55. The van der Waals surface area contributed by atoms with Crippen LogP contribution < -0.4 is 4.90 Å². The van der Waals surface area contributed by atoms with Gasteiger partial charge < -0.3 is 4.90 Å². The van der Waals surface area contributed by atoms with E-state index in [0.717, 1.165) is 5.92 Å². The van der Waals surface area contributed by atoms with Gasteiger partial charge in [0.05, 0.1) is 0 Å². The van der Waals surface area contributed by atoms with E-state index >= 15 is 0 Å². The van der Waals surface area contributed by atoms with Crippen molar-refractivity contribution >= 4 is 5.69 Å². The van der Waals surface area contributed by atoms with Crippen molar-refractivity contribution in [2.24, 2.45) is 5.92 Å². The van der Waals surface area contributed by atoms with Crippen LogP contribution in [0.25, 0.3) is 0 Å². The van der Waals surface area contributed by atoms with Crippen molar-refractivity contribution in [2.75, 3.05) is 18.0 Å². The Hall–Kier alpha value is -0.980. The van der Waals surface area contributed by atoms with E-state index in [9.17, 15) is 0 Å². The van der Waals surface area contributed by atoms with E-state index in [-0.39, 0.29) is 0 Å². The predicted octanol–water partition coefficient (Wildman–Crippen LogP) is 3.63. The third kappa shape index (κ3) is 1.95. The Kier molecular flexibility index (Phi) is 2.86. The van der Waals surface area contributed by atoms with Gasteiger partial charge in [-0.25, -0.2) is 0 Å². The van der Waals surface area contributed by atoms with E-state index in [0.29, 0.717) is 0 Å². The normalized spacial score (nSPS) is 21.1. The Morgan fingerprint density at radius 1 is 1.06 bits per heavy atom. The molecule has 0 atom stereocenters. The molecule has 1 fully saturated rings. The molecule has 0 aromatic heterocycles. The number of fused-ring (bicyclic) bond motifs is 1. The second-order valence-corrected chi connectivity index (χ2v) is 5.33. The maximum Gasteiger partial charge on any atom is 0.0399 e. The highest BCUT2D eigenvalue weighted by atomic mass is 15.1. The summed E-state index contributed by atoms with van der Waals surface area (Å²) in [4.78, 5) is 2.62. The Morgan fingerprint density at radius 2 is 1.88 bits per heavy atom. The molecule has 0 radical (unpaired) electrons. The van der Waals surface area contributed by atoms with Crippen LogP contribution in [0.5, 0.6) is 0 Å². The molecule has 0 amide bonds. The van der Waals surface area contributed by atoms with Crippen LogP contribution in [-0.2, 0) is 6.42 Å². The van der Waals surface area contributed by atoms with Crippen LogP contribution in [0, 0.1) is 5.92 Å². The lowest BCUT2D eigenvalue weighted by Gasteiger charge is -2.28. The average Bonchev–Trinajstić information content (AvgIpc) is 2.74. The summed E-state index contributed by atoms with van der Waals surface area (Å²) >= 11 is 0. The maximum atomic E-state index is 2.62. The quantitative estimate of drug-likeness (QED) is 0.728. The largest absolute Gasteiger partial charge is 0.371 e. The number of rotatable bonds is 2. The Balaban J connectivity index is 1.68. The Bertz CT molecular complexity index is 352. The summed E-state index contributed by atoms with van der Waals surface area (Å²) in [7, 11) is 0. The third-order valence-electron chi connectivity index (χ3n) is 4.19. The highest BCUT2D eigenvalue weighted by Gasteiger charge is 2.22. The zero-order valence-electron chi connectivity index (χ0n) is 9.99. The minimum atomic E-state index is 0.958. The van der Waals surface area contributed by atoms with Crippen LogP contribution in [0.4, 0.5) is 5.69 Å². The maximum absolute atomic E-state index is 2.62. The molecule has 1 heteroatoms. The van der Waals surface area contributed by atoms with Gasteiger partial charge in [-0.3, -0.25) is 0 Å². The van der Waals surface area contributed by atoms with Crippen molar-refractivity contribution in [1.29, 1.82) is 0 Å². The van der Waals surface area contributed by atoms with E-state index < -0.39 is 0 Å². The molecule has 0 unspecified atom stereocenters. The van der Waals surface area contributed by atoms with Crippen molar-refractivity contribution in [2.45, 2.75) is 38.5 Å². The van der Waals surface area contributed by atoms with Crippen molar-refractivity contribution < 1.29 is 0 Å². The van der Waals surface area contributed by atoms with E-state index in [1.807, 2.05) is 0 Å². The highest BCUT2D eigenvalue weighted by Crippen LogP contribution is 2.31. The molecule has 0 N–H and O–H groups in total. The summed E-state index contributed by atoms with van der Waals surface area (Å²) in [5.41, 5.74) is 3.06. The summed E-state index contributed by atoms with van der Waals surface area (Å²) < 4.78 is 0. The lowest BCUT2D eigenvalue weighted by atomic mass is 9.89. The lowest BCUT2D eigenvalue weighted by Crippen LogP contribution is -2.28. The van der Waals surface area contributed by atoms with E-state index in [1.165, 1.54) is 57.3 Å². The molecule has 1 aliphatic carbocycles. The van der Waals surface area contributed by atoms with Crippen molar-refractivity contribution in [3.05, 3.63) is 29.8 Å². The smallest absolute Gasteiger partial charge is 0.0399 e. The van der Waals surface area contributed by atoms with Gasteiger partial charge in [0, 0.05) is 18.8 Å². The number of hydrogen-bond acceptors (Lipinski definition) is 1. The molecular formula is C15H21N. The van der Waals surface area contributed by atoms with Gasteiger partial charge in [-0.15, -0.1) is 0 Å². The monoisotopic (exact) mass is 215 g/mol. The molecule has 0 bridgehead atoms. The number of benzene rings is 1. The fourth-order valence-corrected chi connectivity index (χ4v) is 3.28. The first-order valence-electron chi connectivity index (χ1n) is 6.76. The second kappa shape index (κ2) is 4.48. The minimum absolute atomic E-state index is 0.958. The predicted molar refractivity (Wildman–Crippen MR) is 68.9 cm³/mol. The summed E-state index contributed by atoms with van der Waals surface area (Å²) in [6.45, 7) is 2.55. The molecular weight excluding hydrogens is 194 g/mol. The fraction of sp³-hybridized carbons (Fsp3) is 0.600. The zero-order valence-corrected chi connectivity index (χ0v) is 9.99. The van der Waals surface area contributed by atoms with E-state index in [1.54, 1.807) is 5.56 Å². The fourth-order valence-electron chi connectivity index (χ4n) is 3.28. The van der Waals surface area contributed by atoms with Crippen LogP contribution in [0.3, 0.4) is 0 Å². The van der Waals surface area contributed by atoms with Crippen molar-refractivity contribution in [1.82, 2.24) is 0 Å². The van der Waals surface area contributed by atoms with Gasteiger partial charge in [-0.1, -0.05) is 37.5 Å². The van der Waals surface area contributed by atoms with Gasteiger partial charge in [0.15, 0.2) is 0 Å². The van der Waals surface area contributed by atoms with Gasteiger partial charge in [0.25, 0.3) is 0 Å². The third-order valence-corrected chi connectivity index (χ3v) is 4.19. The molecule has 0 saturated heterocycles. The molecule has 1 aromatic carbocycles. The first-order valence-corrected chi connectivity index (χ1v) is 6.76. The molecule has 1 aromatic rings. The lowest BCUT2D eigenvalue weighted by molar-refractivity contribution is 0.360. The van der Waals surface area contributed by atoms with Crippen LogP contribution in [0.2, 0.25) is 0 Å². The summed E-state index contributed by atoms with van der Waals surface area (Å²) in [5.74, 6) is 0.958. The van der Waals surface area contributed by atoms with Gasteiger partial charge in [0.2, 0.25) is 0 Å². The number of hydrogen-bond donors (Lipinski definition) is 0. The molecule has 1 saturated carbocycles. The van der Waals surface area contributed by atoms with Crippen LogP contribution >= 0.6 is 0 Å². The second-order valence-electron chi connectivity index (χ2n) is 5.33. The molecule has 3 rings (SSSR count). The average molecular weight is 215 g/mol. The summed E-state index contributed by atoms with van der Waals surface area (Å²) in [5, 5.41) is 0.